The Morgan fingerprint density at radius 2 is 2.20 bits per heavy atom. The number of hydrogen-bond acceptors (Lipinski definition) is 3. The number of rotatable bonds is 1. The Labute approximate surface area is 92.3 Å². The molecule has 3 heteroatoms. The third-order valence-electron chi connectivity index (χ3n) is 3.32. The van der Waals surface area contributed by atoms with Crippen molar-refractivity contribution in [3.63, 3.8) is 0 Å². The molecule has 0 spiro atoms. The molecule has 0 aromatic carbocycles. The van der Waals surface area contributed by atoms with Gasteiger partial charge in [0.05, 0.1) is 6.04 Å². The highest BCUT2D eigenvalue weighted by Gasteiger charge is 2.33. The van der Waals surface area contributed by atoms with Crippen molar-refractivity contribution >= 4 is 5.90 Å². The van der Waals surface area contributed by atoms with E-state index in [1.807, 2.05) is 0 Å². The first-order valence-electron chi connectivity index (χ1n) is 5.98. The highest BCUT2D eigenvalue weighted by molar-refractivity contribution is 5.80. The molecule has 2 aliphatic rings. The van der Waals surface area contributed by atoms with Gasteiger partial charge in [0.2, 0.25) is 0 Å². The van der Waals surface area contributed by atoms with E-state index in [9.17, 15) is 0 Å². The summed E-state index contributed by atoms with van der Waals surface area (Å²) in [6.45, 7) is 9.64. The van der Waals surface area contributed by atoms with Gasteiger partial charge in [-0.05, 0) is 24.8 Å². The molecule has 2 aliphatic heterocycles. The number of nitrogens with zero attached hydrogens (tertiary/aromatic N) is 1. The van der Waals surface area contributed by atoms with E-state index in [4.69, 9.17) is 9.73 Å². The average Bonchev–Trinajstić information content (AvgIpc) is 2.67. The van der Waals surface area contributed by atoms with Crippen molar-refractivity contribution in [1.29, 1.82) is 0 Å². The number of aliphatic imine (C=N–C) groups is 1. The predicted molar refractivity (Wildman–Crippen MR) is 62.2 cm³/mol. The van der Waals surface area contributed by atoms with Crippen LogP contribution in [0.25, 0.3) is 0 Å². The molecule has 1 fully saturated rings. The Balaban J connectivity index is 1.99. The minimum atomic E-state index is 0.226. The minimum absolute atomic E-state index is 0.226. The zero-order valence-electron chi connectivity index (χ0n) is 10.0. The molecule has 3 nitrogen and oxygen atoms in total. The van der Waals surface area contributed by atoms with Gasteiger partial charge in [-0.3, -0.25) is 0 Å². The van der Waals surface area contributed by atoms with Crippen molar-refractivity contribution in [2.45, 2.75) is 39.7 Å². The molecule has 0 amide bonds. The van der Waals surface area contributed by atoms with Crippen molar-refractivity contribution < 1.29 is 4.74 Å². The van der Waals surface area contributed by atoms with Crippen LogP contribution in [0, 0.1) is 11.3 Å². The molecule has 0 radical (unpaired) electrons. The van der Waals surface area contributed by atoms with Gasteiger partial charge < -0.3 is 10.1 Å². The van der Waals surface area contributed by atoms with Gasteiger partial charge in [0.15, 0.2) is 5.90 Å². The van der Waals surface area contributed by atoms with Crippen molar-refractivity contribution in [2.24, 2.45) is 16.3 Å². The van der Waals surface area contributed by atoms with E-state index in [0.717, 1.165) is 25.6 Å². The fourth-order valence-corrected chi connectivity index (χ4v) is 2.12. The van der Waals surface area contributed by atoms with Gasteiger partial charge in [0.1, 0.15) is 6.61 Å². The Morgan fingerprint density at radius 1 is 1.40 bits per heavy atom. The van der Waals surface area contributed by atoms with Crippen molar-refractivity contribution in [3.8, 4) is 0 Å². The standard InChI is InChI=1S/C12H22N2O/c1-12(2,3)10-8-15-11(14-10)9-5-4-6-13-7-9/h9-10,13H,4-8H2,1-3H3. The molecule has 0 aliphatic carbocycles. The van der Waals surface area contributed by atoms with Crippen molar-refractivity contribution in [1.82, 2.24) is 5.32 Å². The summed E-state index contributed by atoms with van der Waals surface area (Å²) in [4.78, 5) is 4.74. The predicted octanol–water partition coefficient (Wildman–Crippen LogP) is 1.83. The number of piperidine rings is 1. The Bertz CT molecular complexity index is 249. The topological polar surface area (TPSA) is 33.6 Å². The molecular weight excluding hydrogens is 188 g/mol. The first kappa shape index (κ1) is 10.9. The monoisotopic (exact) mass is 210 g/mol. The Hall–Kier alpha value is -0.570. The number of nitrogens with one attached hydrogen (secondary N) is 1. The molecule has 0 bridgehead atoms. The van der Waals surface area contributed by atoms with Gasteiger partial charge in [-0.2, -0.15) is 0 Å². The van der Waals surface area contributed by atoms with E-state index in [1.54, 1.807) is 0 Å². The highest BCUT2D eigenvalue weighted by Crippen LogP contribution is 2.28. The summed E-state index contributed by atoms with van der Waals surface area (Å²) in [6, 6.07) is 0.342. The quantitative estimate of drug-likeness (QED) is 0.716. The molecule has 0 aromatic heterocycles. The van der Waals surface area contributed by atoms with E-state index >= 15 is 0 Å². The highest BCUT2D eigenvalue weighted by atomic mass is 16.5. The third kappa shape index (κ3) is 2.51. The van der Waals surface area contributed by atoms with Gasteiger partial charge in [0, 0.05) is 12.5 Å². The molecule has 2 unspecified atom stereocenters. The zero-order chi connectivity index (χ0) is 10.9. The van der Waals surface area contributed by atoms with Gasteiger partial charge in [-0.1, -0.05) is 20.8 Å². The Morgan fingerprint density at radius 3 is 2.73 bits per heavy atom. The molecule has 15 heavy (non-hydrogen) atoms. The summed E-state index contributed by atoms with van der Waals surface area (Å²) >= 11 is 0. The van der Waals surface area contributed by atoms with Gasteiger partial charge in [-0.25, -0.2) is 4.99 Å². The number of hydrogen-bond donors (Lipinski definition) is 1. The molecule has 2 atom stereocenters. The first-order valence-corrected chi connectivity index (χ1v) is 5.98. The maximum atomic E-state index is 5.74. The third-order valence-corrected chi connectivity index (χ3v) is 3.32. The summed E-state index contributed by atoms with van der Waals surface area (Å²) < 4.78 is 5.74. The lowest BCUT2D eigenvalue weighted by molar-refractivity contribution is 0.225. The Kier molecular flexibility index (Phi) is 3.01. The SMILES string of the molecule is CC(C)(C)C1COC(C2CCCNC2)=N1. The van der Waals surface area contributed by atoms with E-state index < -0.39 is 0 Å². The summed E-state index contributed by atoms with van der Waals surface area (Å²) in [5, 5.41) is 3.40. The normalized spacial score (nSPS) is 32.3. The second-order valence-corrected chi connectivity index (χ2v) is 5.70. The molecule has 0 aromatic rings. The maximum Gasteiger partial charge on any atom is 0.188 e. The molecule has 0 saturated carbocycles. The lowest BCUT2D eigenvalue weighted by atomic mass is 9.88. The van der Waals surface area contributed by atoms with Crippen LogP contribution in [-0.4, -0.2) is 31.6 Å². The second kappa shape index (κ2) is 4.12. The lowest BCUT2D eigenvalue weighted by Crippen LogP contribution is -2.34. The first-order chi connectivity index (χ1) is 7.07. The second-order valence-electron chi connectivity index (χ2n) is 5.70. The van der Waals surface area contributed by atoms with E-state index in [-0.39, 0.29) is 5.41 Å². The van der Waals surface area contributed by atoms with Crippen LogP contribution in [0.2, 0.25) is 0 Å². The number of ether oxygens (including phenoxy) is 1. The van der Waals surface area contributed by atoms with Gasteiger partial charge in [-0.15, -0.1) is 0 Å². The van der Waals surface area contributed by atoms with Crippen LogP contribution in [0.15, 0.2) is 4.99 Å². The largest absolute Gasteiger partial charge is 0.478 e. The summed E-state index contributed by atoms with van der Waals surface area (Å²) in [7, 11) is 0. The average molecular weight is 210 g/mol. The fourth-order valence-electron chi connectivity index (χ4n) is 2.12. The van der Waals surface area contributed by atoms with Crippen LogP contribution in [0.1, 0.15) is 33.6 Å². The summed E-state index contributed by atoms with van der Waals surface area (Å²) in [5.41, 5.74) is 0.226. The van der Waals surface area contributed by atoms with Crippen molar-refractivity contribution in [2.75, 3.05) is 19.7 Å². The minimum Gasteiger partial charge on any atom is -0.478 e. The van der Waals surface area contributed by atoms with E-state index in [2.05, 4.69) is 26.1 Å². The maximum absolute atomic E-state index is 5.74. The molecular formula is C12H22N2O. The van der Waals surface area contributed by atoms with Crippen LogP contribution < -0.4 is 5.32 Å². The van der Waals surface area contributed by atoms with Gasteiger partial charge >= 0.3 is 0 Å². The smallest absolute Gasteiger partial charge is 0.188 e. The van der Waals surface area contributed by atoms with Crippen LogP contribution in [-0.2, 0) is 4.74 Å². The van der Waals surface area contributed by atoms with Crippen molar-refractivity contribution in [3.05, 3.63) is 0 Å². The van der Waals surface area contributed by atoms with Crippen LogP contribution in [0.5, 0.6) is 0 Å². The molecule has 86 valence electrons. The van der Waals surface area contributed by atoms with Gasteiger partial charge in [0.25, 0.3) is 0 Å². The molecule has 2 rings (SSSR count). The van der Waals surface area contributed by atoms with Crippen LogP contribution in [0.3, 0.4) is 0 Å². The fraction of sp³-hybridized carbons (Fsp3) is 0.917. The van der Waals surface area contributed by atoms with Crippen LogP contribution >= 0.6 is 0 Å². The van der Waals surface area contributed by atoms with E-state index in [0.29, 0.717) is 12.0 Å². The molecule has 1 saturated heterocycles. The van der Waals surface area contributed by atoms with Crippen LogP contribution in [0.4, 0.5) is 0 Å². The lowest BCUT2D eigenvalue weighted by Gasteiger charge is -2.22. The zero-order valence-corrected chi connectivity index (χ0v) is 10.0. The summed E-state index contributed by atoms with van der Waals surface area (Å²) in [6.07, 6.45) is 2.47. The molecule has 2 heterocycles. The summed E-state index contributed by atoms with van der Waals surface area (Å²) in [5.74, 6) is 1.52. The van der Waals surface area contributed by atoms with E-state index in [1.165, 1.54) is 12.8 Å². The molecule has 1 N–H and O–H groups in total.